The topological polar surface area (TPSA) is 102 Å². The van der Waals surface area contributed by atoms with E-state index in [1.165, 1.54) is 0 Å². The summed E-state index contributed by atoms with van der Waals surface area (Å²) < 4.78 is 29.4. The number of nitrogens with one attached hydrogen (secondary N) is 1. The van der Waals surface area contributed by atoms with Gasteiger partial charge in [0.25, 0.3) is 0 Å². The number of aliphatic hydroxyl groups is 1. The Morgan fingerprint density at radius 1 is 1.40 bits per heavy atom. The van der Waals surface area contributed by atoms with Crippen LogP contribution < -0.4 is 11.1 Å². The first-order chi connectivity index (χ1) is 9.33. The van der Waals surface area contributed by atoms with Gasteiger partial charge in [-0.2, -0.15) is 4.20 Å². The number of unbranched alkanes of at least 4 members (excludes halogenated alkanes) is 4. The fourth-order valence-electron chi connectivity index (χ4n) is 1.77. The highest BCUT2D eigenvalue weighted by molar-refractivity contribution is 7.54. The Morgan fingerprint density at radius 3 is 2.50 bits per heavy atom. The van der Waals surface area contributed by atoms with Gasteiger partial charge in [-0.05, 0) is 6.42 Å². The molecule has 2 unspecified atom stereocenters. The molecule has 4 N–H and O–H groups in total. The van der Waals surface area contributed by atoms with E-state index in [0.717, 1.165) is 32.8 Å². The van der Waals surface area contributed by atoms with Gasteiger partial charge in [-0.3, -0.25) is 9.36 Å². The summed E-state index contributed by atoms with van der Waals surface area (Å²) in [5, 5.41) is 11.3. The van der Waals surface area contributed by atoms with Crippen molar-refractivity contribution in [1.82, 2.24) is 5.32 Å². The van der Waals surface area contributed by atoms with Crippen LogP contribution in [-0.4, -0.2) is 30.1 Å². The number of aliphatic hydroxyl groups excluding tert-OH is 1. The van der Waals surface area contributed by atoms with Crippen LogP contribution in [0.25, 0.3) is 0 Å². The van der Waals surface area contributed by atoms with Crippen LogP contribution in [0.2, 0.25) is 0 Å². The van der Waals surface area contributed by atoms with Crippen LogP contribution in [0, 0.1) is 0 Å². The molecule has 0 aliphatic rings. The van der Waals surface area contributed by atoms with E-state index in [1.807, 2.05) is 0 Å². The van der Waals surface area contributed by atoms with Crippen LogP contribution in [0.3, 0.4) is 0 Å². The van der Waals surface area contributed by atoms with Crippen LogP contribution in [0.5, 0.6) is 0 Å². The summed E-state index contributed by atoms with van der Waals surface area (Å²) in [6.07, 6.45) is 3.39. The largest absolute Gasteiger partial charge is 0.388 e. The maximum absolute atomic E-state index is 13.6. The van der Waals surface area contributed by atoms with Gasteiger partial charge in [-0.25, -0.2) is 0 Å². The number of halogens is 1. The molecule has 0 aromatic rings. The highest BCUT2D eigenvalue weighted by Crippen LogP contribution is 2.53. The molecule has 0 aromatic heterocycles. The fraction of sp³-hybridized carbons (Fsp3) is 0.917. The summed E-state index contributed by atoms with van der Waals surface area (Å²) in [6.45, 7) is 2.10. The van der Waals surface area contributed by atoms with Gasteiger partial charge in [0, 0.05) is 20.0 Å². The second-order valence-electron chi connectivity index (χ2n) is 4.75. The van der Waals surface area contributed by atoms with Gasteiger partial charge >= 0.3 is 7.68 Å². The van der Waals surface area contributed by atoms with Gasteiger partial charge in [0.2, 0.25) is 5.91 Å². The molecular formula is C12H26FN2O4P. The second kappa shape index (κ2) is 10.3. The van der Waals surface area contributed by atoms with E-state index >= 15 is 0 Å². The van der Waals surface area contributed by atoms with Crippen molar-refractivity contribution in [2.75, 3.05) is 7.11 Å². The molecule has 0 aliphatic heterocycles. The Labute approximate surface area is 119 Å². The molecule has 0 saturated heterocycles. The number of carbonyl (C=O) groups excluding carboxylic acids is 1. The van der Waals surface area contributed by atoms with Crippen molar-refractivity contribution in [3.05, 3.63) is 0 Å². The van der Waals surface area contributed by atoms with Crippen molar-refractivity contribution < 1.29 is 23.2 Å². The number of rotatable bonds is 11. The zero-order valence-electron chi connectivity index (χ0n) is 12.2. The Bertz CT molecular complexity index is 329. The monoisotopic (exact) mass is 312 g/mol. The minimum Gasteiger partial charge on any atom is -0.379 e. The third-order valence-corrected chi connectivity index (χ3v) is 4.50. The third-order valence-electron chi connectivity index (χ3n) is 2.92. The van der Waals surface area contributed by atoms with Crippen molar-refractivity contribution >= 4 is 13.6 Å². The molecule has 6 nitrogen and oxygen atoms in total. The standard InChI is InChI=1S/C12H26FN2O4P/c1-3-4-5-6-7-8-11(17)15-12(9-10(14)16)20(13,18)19-2/h10,12,16H,3-9,14H2,1-2H3,(H,15,17)/t10?,12-,20?/m0/s1. The summed E-state index contributed by atoms with van der Waals surface area (Å²) in [5.41, 5.74) is 5.14. The Hall–Kier alpha value is -0.490. The van der Waals surface area contributed by atoms with Crippen LogP contribution in [0.1, 0.15) is 51.9 Å². The summed E-state index contributed by atoms with van der Waals surface area (Å²) in [7, 11) is -3.56. The Morgan fingerprint density at radius 2 is 2.00 bits per heavy atom. The highest BCUT2D eigenvalue weighted by atomic mass is 31.2. The van der Waals surface area contributed by atoms with Crippen LogP contribution in [0.15, 0.2) is 0 Å². The Kier molecular flexibility index (Phi) is 10.0. The molecule has 1 amide bonds. The molecule has 0 aliphatic carbocycles. The van der Waals surface area contributed by atoms with Crippen molar-refractivity contribution in [3.8, 4) is 0 Å². The molecule has 0 heterocycles. The maximum atomic E-state index is 13.6. The number of amides is 1. The average Bonchev–Trinajstić information content (AvgIpc) is 2.37. The lowest BCUT2D eigenvalue weighted by atomic mass is 10.1. The fourth-order valence-corrected chi connectivity index (χ4v) is 2.79. The normalized spacial score (nSPS) is 17.2. The smallest absolute Gasteiger partial charge is 0.379 e. The number of hydrogen-bond acceptors (Lipinski definition) is 5. The molecule has 0 saturated carbocycles. The molecular weight excluding hydrogens is 286 g/mol. The molecule has 20 heavy (non-hydrogen) atoms. The van der Waals surface area contributed by atoms with Gasteiger partial charge in [0.1, 0.15) is 12.0 Å². The van der Waals surface area contributed by atoms with Gasteiger partial charge in [0.15, 0.2) is 0 Å². The third kappa shape index (κ3) is 8.64. The zero-order valence-corrected chi connectivity index (χ0v) is 13.1. The molecule has 120 valence electrons. The van der Waals surface area contributed by atoms with E-state index in [-0.39, 0.29) is 12.8 Å². The van der Waals surface area contributed by atoms with E-state index in [2.05, 4.69) is 16.8 Å². The van der Waals surface area contributed by atoms with E-state index in [0.29, 0.717) is 6.42 Å². The molecule has 0 bridgehead atoms. The molecule has 0 rings (SSSR count). The van der Waals surface area contributed by atoms with Crippen molar-refractivity contribution in [1.29, 1.82) is 0 Å². The lowest BCUT2D eigenvalue weighted by Crippen LogP contribution is -2.38. The summed E-state index contributed by atoms with van der Waals surface area (Å²) >= 11 is 0. The number of nitrogens with two attached hydrogens (primary N) is 1. The van der Waals surface area contributed by atoms with E-state index in [1.54, 1.807) is 0 Å². The van der Waals surface area contributed by atoms with Crippen LogP contribution in [-0.2, 0) is 13.9 Å². The SMILES string of the molecule is CCCCCCCC(=O)N[C@H](CC(N)O)P(=O)(F)OC. The first-order valence-electron chi connectivity index (χ1n) is 6.91. The average molecular weight is 312 g/mol. The zero-order chi connectivity index (χ0) is 15.6. The first-order valence-corrected chi connectivity index (χ1v) is 8.50. The van der Waals surface area contributed by atoms with E-state index in [9.17, 15) is 13.6 Å². The molecule has 0 radical (unpaired) electrons. The summed E-state index contributed by atoms with van der Waals surface area (Å²) in [4.78, 5) is 11.7. The molecule has 0 spiro atoms. The first kappa shape index (κ1) is 19.5. The second-order valence-corrected chi connectivity index (χ2v) is 6.78. The minimum atomic E-state index is -4.51. The van der Waals surface area contributed by atoms with Crippen molar-refractivity contribution in [3.63, 3.8) is 0 Å². The molecule has 8 heteroatoms. The van der Waals surface area contributed by atoms with Crippen molar-refractivity contribution in [2.45, 2.75) is 63.9 Å². The summed E-state index contributed by atoms with van der Waals surface area (Å²) in [6, 6.07) is 0. The predicted molar refractivity (Wildman–Crippen MR) is 75.8 cm³/mol. The predicted octanol–water partition coefficient (Wildman–Crippen LogP) is 2.27. The maximum Gasteiger partial charge on any atom is 0.388 e. The van der Waals surface area contributed by atoms with Crippen LogP contribution >= 0.6 is 7.68 Å². The number of carbonyl (C=O) groups is 1. The van der Waals surface area contributed by atoms with Gasteiger partial charge in [-0.15, -0.1) is 0 Å². The van der Waals surface area contributed by atoms with Crippen LogP contribution in [0.4, 0.5) is 4.20 Å². The van der Waals surface area contributed by atoms with Gasteiger partial charge < -0.3 is 20.7 Å². The van der Waals surface area contributed by atoms with Crippen molar-refractivity contribution in [2.24, 2.45) is 5.73 Å². The van der Waals surface area contributed by atoms with Gasteiger partial charge in [0.05, 0.1) is 0 Å². The van der Waals surface area contributed by atoms with E-state index in [4.69, 9.17) is 10.8 Å². The Balaban J connectivity index is 4.23. The quantitative estimate of drug-likeness (QED) is 0.308. The number of hydrogen-bond donors (Lipinski definition) is 3. The lowest BCUT2D eigenvalue weighted by Gasteiger charge is -2.22. The molecule has 0 aromatic carbocycles. The minimum absolute atomic E-state index is 0.227. The molecule has 3 atom stereocenters. The van der Waals surface area contributed by atoms with E-state index < -0.39 is 25.6 Å². The lowest BCUT2D eigenvalue weighted by molar-refractivity contribution is -0.121. The molecule has 0 fully saturated rings. The highest BCUT2D eigenvalue weighted by Gasteiger charge is 2.35. The summed E-state index contributed by atoms with van der Waals surface area (Å²) in [5.74, 6) is -1.82. The van der Waals surface area contributed by atoms with Gasteiger partial charge in [-0.1, -0.05) is 32.6 Å².